The number of hydrogen-bond donors (Lipinski definition) is 2. The van der Waals surface area contributed by atoms with Crippen LogP contribution in [0.15, 0.2) is 0 Å². The minimum atomic E-state index is -0.619. The van der Waals surface area contributed by atoms with Crippen molar-refractivity contribution in [2.75, 3.05) is 31.1 Å². The average molecular weight is 203 g/mol. The van der Waals surface area contributed by atoms with Crippen LogP contribution >= 0.6 is 0 Å². The van der Waals surface area contributed by atoms with Gasteiger partial charge in [-0.05, 0) is 13.0 Å². The summed E-state index contributed by atoms with van der Waals surface area (Å²) < 4.78 is 11.2. The molecule has 0 aromatic rings. The fourth-order valence-electron chi connectivity index (χ4n) is 1.40. The zero-order valence-corrected chi connectivity index (χ0v) is 8.61. The molecule has 1 rings (SSSR count). The summed E-state index contributed by atoms with van der Waals surface area (Å²) in [5.74, 6) is 1.85. The van der Waals surface area contributed by atoms with Gasteiger partial charge in [0.15, 0.2) is 0 Å². The van der Waals surface area contributed by atoms with Gasteiger partial charge in [0.25, 0.3) is 0 Å². The fourth-order valence-corrected chi connectivity index (χ4v) is 2.51. The highest BCUT2D eigenvalue weighted by Gasteiger charge is 2.12. The lowest BCUT2D eigenvalue weighted by molar-refractivity contribution is 0.304. The fraction of sp³-hybridized carbons (Fsp3) is 0.875. The van der Waals surface area contributed by atoms with E-state index in [9.17, 15) is 4.21 Å². The highest BCUT2D eigenvalue weighted by atomic mass is 32.2. The Kier molecular flexibility index (Phi) is 4.38. The van der Waals surface area contributed by atoms with E-state index in [-0.39, 0.29) is 5.84 Å². The maximum absolute atomic E-state index is 11.2. The molecule has 1 heterocycles. The van der Waals surface area contributed by atoms with Crippen molar-refractivity contribution in [1.82, 2.24) is 4.90 Å². The second kappa shape index (κ2) is 5.34. The first kappa shape index (κ1) is 10.7. The highest BCUT2D eigenvalue weighted by molar-refractivity contribution is 7.85. The molecule has 0 amide bonds. The van der Waals surface area contributed by atoms with Crippen LogP contribution in [0.2, 0.25) is 0 Å². The van der Waals surface area contributed by atoms with Crippen LogP contribution in [0.25, 0.3) is 0 Å². The minimum absolute atomic E-state index is 0.241. The molecule has 1 fully saturated rings. The maximum Gasteiger partial charge on any atom is 0.0918 e. The Labute approximate surface area is 81.4 Å². The Morgan fingerprint density at radius 1 is 1.46 bits per heavy atom. The molecule has 0 aliphatic carbocycles. The first-order chi connectivity index (χ1) is 6.18. The molecular formula is C8H17N3OS. The van der Waals surface area contributed by atoms with Crippen molar-refractivity contribution in [2.45, 2.75) is 12.8 Å². The standard InChI is InChI=1S/C8H17N3OS/c9-8(10)2-4-11-3-1-6-13(12)7-5-11/h1-7H2,(H3,9,10). The van der Waals surface area contributed by atoms with Crippen molar-refractivity contribution in [3.8, 4) is 0 Å². The third-order valence-corrected chi connectivity index (χ3v) is 3.56. The average Bonchev–Trinajstić information content (AvgIpc) is 2.27. The zero-order valence-electron chi connectivity index (χ0n) is 7.79. The van der Waals surface area contributed by atoms with E-state index >= 15 is 0 Å². The predicted molar refractivity (Wildman–Crippen MR) is 55.5 cm³/mol. The zero-order chi connectivity index (χ0) is 9.68. The second-order valence-electron chi connectivity index (χ2n) is 3.32. The van der Waals surface area contributed by atoms with Gasteiger partial charge < -0.3 is 10.6 Å². The van der Waals surface area contributed by atoms with Crippen molar-refractivity contribution in [1.29, 1.82) is 5.41 Å². The van der Waals surface area contributed by atoms with Gasteiger partial charge in [0.05, 0.1) is 5.84 Å². The lowest BCUT2D eigenvalue weighted by Crippen LogP contribution is -2.30. The van der Waals surface area contributed by atoms with E-state index in [0.717, 1.165) is 37.6 Å². The van der Waals surface area contributed by atoms with Crippen molar-refractivity contribution >= 4 is 16.6 Å². The summed E-state index contributed by atoms with van der Waals surface area (Å²) in [4.78, 5) is 2.24. The molecule has 1 aliphatic heterocycles. The molecule has 1 unspecified atom stereocenters. The lowest BCUT2D eigenvalue weighted by atomic mass is 10.3. The quantitative estimate of drug-likeness (QED) is 0.491. The molecule has 13 heavy (non-hydrogen) atoms. The molecule has 0 spiro atoms. The molecule has 3 N–H and O–H groups in total. The van der Waals surface area contributed by atoms with E-state index in [4.69, 9.17) is 11.1 Å². The van der Waals surface area contributed by atoms with Gasteiger partial charge in [0.2, 0.25) is 0 Å². The van der Waals surface area contributed by atoms with Gasteiger partial charge in [-0.15, -0.1) is 0 Å². The highest BCUT2D eigenvalue weighted by Crippen LogP contribution is 2.02. The summed E-state index contributed by atoms with van der Waals surface area (Å²) in [5.41, 5.74) is 5.27. The first-order valence-corrected chi connectivity index (χ1v) is 6.07. The summed E-state index contributed by atoms with van der Waals surface area (Å²) in [6, 6.07) is 0. The third-order valence-electron chi connectivity index (χ3n) is 2.18. The van der Waals surface area contributed by atoms with Crippen molar-refractivity contribution in [3.05, 3.63) is 0 Å². The molecule has 1 saturated heterocycles. The van der Waals surface area contributed by atoms with Gasteiger partial charge >= 0.3 is 0 Å². The maximum atomic E-state index is 11.2. The normalized spacial score (nSPS) is 25.4. The molecule has 1 aliphatic rings. The van der Waals surface area contributed by atoms with Gasteiger partial charge in [-0.2, -0.15) is 0 Å². The molecule has 0 bridgehead atoms. The van der Waals surface area contributed by atoms with Crippen LogP contribution in [0.5, 0.6) is 0 Å². The number of nitrogens with two attached hydrogens (primary N) is 1. The van der Waals surface area contributed by atoms with E-state index in [1.807, 2.05) is 0 Å². The summed E-state index contributed by atoms with van der Waals surface area (Å²) >= 11 is 0. The number of hydrogen-bond acceptors (Lipinski definition) is 3. The molecule has 76 valence electrons. The van der Waals surface area contributed by atoms with Crippen LogP contribution < -0.4 is 5.73 Å². The Balaban J connectivity index is 2.25. The largest absolute Gasteiger partial charge is 0.388 e. The van der Waals surface area contributed by atoms with E-state index in [2.05, 4.69) is 4.90 Å². The third kappa shape index (κ3) is 4.38. The molecule has 5 heteroatoms. The van der Waals surface area contributed by atoms with Crippen LogP contribution in [0, 0.1) is 5.41 Å². The van der Waals surface area contributed by atoms with Crippen LogP contribution in [0.3, 0.4) is 0 Å². The van der Waals surface area contributed by atoms with Crippen LogP contribution in [0.4, 0.5) is 0 Å². The smallest absolute Gasteiger partial charge is 0.0918 e. The van der Waals surface area contributed by atoms with E-state index in [1.54, 1.807) is 0 Å². The molecular weight excluding hydrogens is 186 g/mol. The van der Waals surface area contributed by atoms with Gasteiger partial charge in [0.1, 0.15) is 0 Å². The molecule has 4 nitrogen and oxygen atoms in total. The number of nitrogens with one attached hydrogen (secondary N) is 1. The summed E-state index contributed by atoms with van der Waals surface area (Å²) in [6.07, 6.45) is 1.64. The van der Waals surface area contributed by atoms with Gasteiger partial charge in [-0.25, -0.2) is 0 Å². The topological polar surface area (TPSA) is 70.2 Å². The minimum Gasteiger partial charge on any atom is -0.388 e. The Morgan fingerprint density at radius 2 is 2.23 bits per heavy atom. The van der Waals surface area contributed by atoms with E-state index in [0.29, 0.717) is 6.42 Å². The molecule has 1 atom stereocenters. The van der Waals surface area contributed by atoms with Gasteiger partial charge in [0, 0.05) is 41.8 Å². The number of rotatable bonds is 3. The van der Waals surface area contributed by atoms with Crippen LogP contribution in [-0.2, 0) is 10.8 Å². The van der Waals surface area contributed by atoms with Crippen LogP contribution in [0.1, 0.15) is 12.8 Å². The number of amidine groups is 1. The SMILES string of the molecule is N=C(N)CCN1CCCS(=O)CC1. The number of nitrogens with zero attached hydrogens (tertiary/aromatic N) is 1. The molecule has 0 saturated carbocycles. The summed E-state index contributed by atoms with van der Waals surface area (Å²) in [6.45, 7) is 2.73. The van der Waals surface area contributed by atoms with Crippen molar-refractivity contribution < 1.29 is 4.21 Å². The monoisotopic (exact) mass is 203 g/mol. The summed E-state index contributed by atoms with van der Waals surface area (Å²) in [5, 5.41) is 7.10. The second-order valence-corrected chi connectivity index (χ2v) is 5.01. The van der Waals surface area contributed by atoms with E-state index < -0.39 is 10.8 Å². The Morgan fingerprint density at radius 3 is 2.92 bits per heavy atom. The van der Waals surface area contributed by atoms with Crippen molar-refractivity contribution in [2.24, 2.45) is 5.73 Å². The molecule has 0 aromatic carbocycles. The first-order valence-electron chi connectivity index (χ1n) is 4.58. The Hall–Kier alpha value is -0.420. The van der Waals surface area contributed by atoms with Crippen molar-refractivity contribution in [3.63, 3.8) is 0 Å². The molecule has 0 radical (unpaired) electrons. The Bertz CT molecular complexity index is 208. The molecule has 0 aromatic heterocycles. The van der Waals surface area contributed by atoms with Gasteiger partial charge in [-0.3, -0.25) is 9.62 Å². The predicted octanol–water partition coefficient (Wildman–Crippen LogP) is -0.233. The lowest BCUT2D eigenvalue weighted by Gasteiger charge is -2.18. The van der Waals surface area contributed by atoms with E-state index in [1.165, 1.54) is 0 Å². The van der Waals surface area contributed by atoms with Gasteiger partial charge in [-0.1, -0.05) is 0 Å². The van der Waals surface area contributed by atoms with Crippen LogP contribution in [-0.4, -0.2) is 46.1 Å². The summed E-state index contributed by atoms with van der Waals surface area (Å²) in [7, 11) is -0.619.